The van der Waals surface area contributed by atoms with Gasteiger partial charge in [-0.3, -0.25) is 5.32 Å². The molecule has 0 heterocycles. The van der Waals surface area contributed by atoms with Crippen molar-refractivity contribution < 1.29 is 5.11 Å². The van der Waals surface area contributed by atoms with E-state index in [-0.39, 0.29) is 6.61 Å². The predicted octanol–water partition coefficient (Wildman–Crippen LogP) is 1.77. The van der Waals surface area contributed by atoms with Gasteiger partial charge in [0.05, 0.1) is 6.07 Å². The van der Waals surface area contributed by atoms with Crippen LogP contribution in [0.5, 0.6) is 0 Å². The maximum absolute atomic E-state index is 9.08. The maximum atomic E-state index is 9.08. The molecule has 1 unspecified atom stereocenters. The fourth-order valence-electron chi connectivity index (χ4n) is 1.34. The number of nitrogens with one attached hydrogen (secondary N) is 1. The number of nitrogens with zero attached hydrogens (tertiary/aromatic N) is 1. The monoisotopic (exact) mass is 230 g/mol. The number of hydrogen-bond donors (Lipinski definition) is 2. The molecule has 0 aromatic rings. The van der Waals surface area contributed by atoms with Crippen molar-refractivity contribution in [2.45, 2.75) is 45.2 Å². The Morgan fingerprint density at radius 3 is 2.60 bits per heavy atom. The summed E-state index contributed by atoms with van der Waals surface area (Å²) in [5.74, 6) is 1.93. The molecule has 0 saturated heterocycles. The molecular formula is C11H22N2OS. The first-order valence-corrected chi connectivity index (χ1v) is 6.57. The van der Waals surface area contributed by atoms with Crippen molar-refractivity contribution in [3.63, 3.8) is 0 Å². The van der Waals surface area contributed by atoms with Gasteiger partial charge in [0, 0.05) is 12.6 Å². The molecule has 88 valence electrons. The number of hydrogen-bond acceptors (Lipinski definition) is 4. The van der Waals surface area contributed by atoms with Gasteiger partial charge in [0.2, 0.25) is 0 Å². The largest absolute Gasteiger partial charge is 0.396 e. The Kier molecular flexibility index (Phi) is 7.85. The normalized spacial score (nSPS) is 14.9. The molecule has 0 aliphatic carbocycles. The minimum atomic E-state index is -0.416. The number of nitriles is 1. The lowest BCUT2D eigenvalue weighted by Crippen LogP contribution is -2.45. The summed E-state index contributed by atoms with van der Waals surface area (Å²) in [7, 11) is 0. The van der Waals surface area contributed by atoms with Gasteiger partial charge in [0.1, 0.15) is 5.54 Å². The second-order valence-corrected chi connectivity index (χ2v) is 5.41. The Labute approximate surface area is 97.2 Å². The van der Waals surface area contributed by atoms with E-state index in [4.69, 9.17) is 10.4 Å². The molecule has 0 spiro atoms. The molecule has 0 rings (SSSR count). The van der Waals surface area contributed by atoms with Crippen molar-refractivity contribution in [3.05, 3.63) is 0 Å². The van der Waals surface area contributed by atoms with Crippen LogP contribution in [0.25, 0.3) is 0 Å². The highest BCUT2D eigenvalue weighted by Crippen LogP contribution is 2.14. The fraction of sp³-hybridized carbons (Fsp3) is 0.909. The molecule has 0 aromatic heterocycles. The van der Waals surface area contributed by atoms with Crippen LogP contribution < -0.4 is 5.32 Å². The Bertz CT molecular complexity index is 203. The van der Waals surface area contributed by atoms with Crippen LogP contribution in [0.1, 0.15) is 33.6 Å². The molecule has 15 heavy (non-hydrogen) atoms. The second kappa shape index (κ2) is 7.98. The number of aliphatic hydroxyl groups is 1. The maximum Gasteiger partial charge on any atom is 0.104 e. The van der Waals surface area contributed by atoms with E-state index in [1.807, 2.05) is 6.92 Å². The number of rotatable bonds is 8. The first-order chi connectivity index (χ1) is 7.04. The predicted molar refractivity (Wildman–Crippen MR) is 65.9 cm³/mol. The van der Waals surface area contributed by atoms with Crippen LogP contribution in [-0.2, 0) is 0 Å². The van der Waals surface area contributed by atoms with Gasteiger partial charge in [0.15, 0.2) is 0 Å². The van der Waals surface area contributed by atoms with E-state index in [0.717, 1.165) is 24.3 Å². The first kappa shape index (κ1) is 14.8. The first-order valence-electron chi connectivity index (χ1n) is 5.41. The third-order valence-corrected chi connectivity index (χ3v) is 3.12. The Hall–Kier alpha value is -0.240. The molecule has 3 nitrogen and oxygen atoms in total. The van der Waals surface area contributed by atoms with Crippen LogP contribution in [0.2, 0.25) is 0 Å². The molecule has 0 radical (unpaired) electrons. The van der Waals surface area contributed by atoms with E-state index < -0.39 is 5.54 Å². The highest BCUT2D eigenvalue weighted by molar-refractivity contribution is 7.99. The Morgan fingerprint density at radius 2 is 2.13 bits per heavy atom. The van der Waals surface area contributed by atoms with Crippen LogP contribution in [0.15, 0.2) is 0 Å². The lowest BCUT2D eigenvalue weighted by molar-refractivity contribution is 0.296. The van der Waals surface area contributed by atoms with Crippen molar-refractivity contribution in [1.82, 2.24) is 5.32 Å². The fourth-order valence-corrected chi connectivity index (χ4v) is 2.43. The minimum absolute atomic E-state index is 0.257. The standard InChI is InChI=1S/C11H22N2OS/c1-10(2)13-11(3,9-12)5-8-15-7-4-6-14/h10,13-14H,4-8H2,1-3H3. The SMILES string of the molecule is CC(C)NC(C)(C#N)CCSCCCO. The summed E-state index contributed by atoms with van der Waals surface area (Å²) in [4.78, 5) is 0. The van der Waals surface area contributed by atoms with Crippen molar-refractivity contribution in [3.8, 4) is 6.07 Å². The van der Waals surface area contributed by atoms with Crippen molar-refractivity contribution >= 4 is 11.8 Å². The van der Waals surface area contributed by atoms with Crippen LogP contribution in [0.4, 0.5) is 0 Å². The lowest BCUT2D eigenvalue weighted by atomic mass is 10.0. The highest BCUT2D eigenvalue weighted by atomic mass is 32.2. The lowest BCUT2D eigenvalue weighted by Gasteiger charge is -2.25. The summed E-state index contributed by atoms with van der Waals surface area (Å²) in [6.07, 6.45) is 1.68. The number of thioether (sulfide) groups is 1. The summed E-state index contributed by atoms with van der Waals surface area (Å²) in [6, 6.07) is 2.66. The summed E-state index contributed by atoms with van der Waals surface area (Å²) in [5.41, 5.74) is -0.416. The van der Waals surface area contributed by atoms with E-state index in [2.05, 4.69) is 25.2 Å². The van der Waals surface area contributed by atoms with Gasteiger partial charge in [-0.25, -0.2) is 0 Å². The van der Waals surface area contributed by atoms with Crippen LogP contribution in [-0.4, -0.2) is 34.8 Å². The van der Waals surface area contributed by atoms with E-state index in [1.54, 1.807) is 11.8 Å². The van der Waals surface area contributed by atoms with E-state index in [1.165, 1.54) is 0 Å². The van der Waals surface area contributed by atoms with Crippen LogP contribution in [0.3, 0.4) is 0 Å². The smallest absolute Gasteiger partial charge is 0.104 e. The number of aliphatic hydroxyl groups excluding tert-OH is 1. The van der Waals surface area contributed by atoms with Gasteiger partial charge in [-0.05, 0) is 45.1 Å². The third kappa shape index (κ3) is 7.66. The van der Waals surface area contributed by atoms with Crippen molar-refractivity contribution in [1.29, 1.82) is 5.26 Å². The van der Waals surface area contributed by atoms with Crippen molar-refractivity contribution in [2.24, 2.45) is 0 Å². The summed E-state index contributed by atoms with van der Waals surface area (Å²) >= 11 is 1.80. The van der Waals surface area contributed by atoms with Crippen molar-refractivity contribution in [2.75, 3.05) is 18.1 Å². The van der Waals surface area contributed by atoms with Gasteiger partial charge in [-0.1, -0.05) is 0 Å². The van der Waals surface area contributed by atoms with Gasteiger partial charge < -0.3 is 5.11 Å². The molecular weight excluding hydrogens is 208 g/mol. The van der Waals surface area contributed by atoms with E-state index in [0.29, 0.717) is 6.04 Å². The zero-order valence-electron chi connectivity index (χ0n) is 9.92. The van der Waals surface area contributed by atoms with E-state index >= 15 is 0 Å². The molecule has 0 amide bonds. The molecule has 1 atom stereocenters. The summed E-state index contributed by atoms with van der Waals surface area (Å²) in [5, 5.41) is 21.0. The molecule has 0 aliphatic heterocycles. The topological polar surface area (TPSA) is 56.0 Å². The summed E-state index contributed by atoms with van der Waals surface area (Å²) in [6.45, 7) is 6.30. The van der Waals surface area contributed by atoms with Gasteiger partial charge in [-0.2, -0.15) is 17.0 Å². The minimum Gasteiger partial charge on any atom is -0.396 e. The van der Waals surface area contributed by atoms with Gasteiger partial charge in [-0.15, -0.1) is 0 Å². The zero-order valence-corrected chi connectivity index (χ0v) is 10.7. The molecule has 0 bridgehead atoms. The third-order valence-electron chi connectivity index (χ3n) is 2.05. The Balaban J connectivity index is 3.74. The quantitative estimate of drug-likeness (QED) is 0.624. The molecule has 0 aliphatic rings. The molecule has 0 aromatic carbocycles. The molecule has 0 fully saturated rings. The molecule has 0 saturated carbocycles. The summed E-state index contributed by atoms with van der Waals surface area (Å²) < 4.78 is 0. The average Bonchev–Trinajstić information content (AvgIpc) is 2.16. The molecule has 4 heteroatoms. The second-order valence-electron chi connectivity index (χ2n) is 4.18. The average molecular weight is 230 g/mol. The van der Waals surface area contributed by atoms with Gasteiger partial charge >= 0.3 is 0 Å². The molecule has 2 N–H and O–H groups in total. The highest BCUT2D eigenvalue weighted by Gasteiger charge is 2.23. The van der Waals surface area contributed by atoms with Gasteiger partial charge in [0.25, 0.3) is 0 Å². The van der Waals surface area contributed by atoms with Crippen LogP contribution in [0, 0.1) is 11.3 Å². The zero-order chi connectivity index (χ0) is 11.7. The Morgan fingerprint density at radius 1 is 1.47 bits per heavy atom. The van der Waals surface area contributed by atoms with Crippen LogP contribution >= 0.6 is 11.8 Å². The van der Waals surface area contributed by atoms with E-state index in [9.17, 15) is 0 Å².